The Labute approximate surface area is 112 Å². The molecule has 2 aromatic rings. The summed E-state index contributed by atoms with van der Waals surface area (Å²) in [6.45, 7) is 6.62. The van der Waals surface area contributed by atoms with Crippen LogP contribution in [0.25, 0.3) is 0 Å². The van der Waals surface area contributed by atoms with Crippen molar-refractivity contribution in [2.75, 3.05) is 4.90 Å². The van der Waals surface area contributed by atoms with Gasteiger partial charge in [0.15, 0.2) is 11.6 Å². The summed E-state index contributed by atoms with van der Waals surface area (Å²) in [4.78, 5) is 2.01. The average Bonchev–Trinajstić information content (AvgIpc) is 2.66. The van der Waals surface area contributed by atoms with E-state index >= 15 is 0 Å². The van der Waals surface area contributed by atoms with Gasteiger partial charge in [-0.2, -0.15) is 0 Å². The largest absolute Gasteiger partial charge is 0.508 e. The molecule has 1 N–H and O–H groups in total. The zero-order valence-corrected chi connectivity index (χ0v) is 10.8. The van der Waals surface area contributed by atoms with Gasteiger partial charge in [-0.1, -0.05) is 18.2 Å². The van der Waals surface area contributed by atoms with E-state index in [-0.39, 0.29) is 5.75 Å². The number of nitrogens with zero attached hydrogens (tertiary/aromatic N) is 1. The number of benzene rings is 2. The first kappa shape index (κ1) is 11.7. The van der Waals surface area contributed by atoms with Crippen molar-refractivity contribution in [3.8, 4) is 11.5 Å². The third kappa shape index (κ3) is 2.15. The fourth-order valence-electron chi connectivity index (χ4n) is 2.25. The van der Waals surface area contributed by atoms with Gasteiger partial charge in [-0.05, 0) is 48.9 Å². The van der Waals surface area contributed by atoms with Gasteiger partial charge in [-0.15, -0.1) is 0 Å². The second kappa shape index (κ2) is 4.35. The molecule has 3 heteroatoms. The summed E-state index contributed by atoms with van der Waals surface area (Å²) in [5.41, 5.74) is 3.21. The maximum Gasteiger partial charge on any atom is 0.193 e. The van der Waals surface area contributed by atoms with Crippen LogP contribution in [0.15, 0.2) is 54.9 Å². The topological polar surface area (TPSA) is 32.7 Å². The zero-order chi connectivity index (χ0) is 13.4. The van der Waals surface area contributed by atoms with Crippen LogP contribution in [0.4, 0.5) is 5.69 Å². The summed E-state index contributed by atoms with van der Waals surface area (Å²) < 4.78 is 5.65. The molecule has 96 valence electrons. The first-order valence-corrected chi connectivity index (χ1v) is 6.16. The lowest BCUT2D eigenvalue weighted by Gasteiger charge is -2.18. The highest BCUT2D eigenvalue weighted by molar-refractivity contribution is 5.67. The molecule has 0 saturated heterocycles. The minimum atomic E-state index is 0.271. The highest BCUT2D eigenvalue weighted by Crippen LogP contribution is 2.39. The van der Waals surface area contributed by atoms with Gasteiger partial charge >= 0.3 is 0 Å². The van der Waals surface area contributed by atoms with E-state index in [1.54, 1.807) is 12.1 Å². The Morgan fingerprint density at radius 2 is 2.05 bits per heavy atom. The van der Waals surface area contributed by atoms with Crippen molar-refractivity contribution < 1.29 is 9.84 Å². The van der Waals surface area contributed by atoms with Crippen molar-refractivity contribution in [3.05, 3.63) is 66.1 Å². The molecule has 0 bridgehead atoms. The molecular weight excluding hydrogens is 238 g/mol. The molecule has 1 aliphatic rings. The van der Waals surface area contributed by atoms with Crippen molar-refractivity contribution in [1.82, 2.24) is 0 Å². The van der Waals surface area contributed by atoms with Gasteiger partial charge in [0.2, 0.25) is 0 Å². The van der Waals surface area contributed by atoms with E-state index < -0.39 is 0 Å². The number of rotatable bonds is 2. The maximum absolute atomic E-state index is 9.52. The molecule has 1 aliphatic heterocycles. The van der Waals surface area contributed by atoms with E-state index in [0.29, 0.717) is 12.4 Å². The Hall–Kier alpha value is -2.42. The van der Waals surface area contributed by atoms with Gasteiger partial charge in [-0.3, -0.25) is 0 Å². The maximum atomic E-state index is 9.52. The van der Waals surface area contributed by atoms with E-state index in [0.717, 1.165) is 17.0 Å². The number of phenols is 1. The van der Waals surface area contributed by atoms with Gasteiger partial charge in [-0.25, -0.2) is 0 Å². The van der Waals surface area contributed by atoms with E-state index in [4.69, 9.17) is 4.74 Å². The Balaban J connectivity index is 1.94. The number of aromatic hydroxyl groups is 1. The van der Waals surface area contributed by atoms with E-state index in [9.17, 15) is 5.11 Å². The van der Waals surface area contributed by atoms with Crippen molar-refractivity contribution in [2.45, 2.75) is 13.5 Å². The van der Waals surface area contributed by atoms with Crippen LogP contribution in [0.2, 0.25) is 0 Å². The zero-order valence-electron chi connectivity index (χ0n) is 10.8. The predicted molar refractivity (Wildman–Crippen MR) is 75.2 cm³/mol. The van der Waals surface area contributed by atoms with Crippen LogP contribution in [0.3, 0.4) is 0 Å². The molecule has 1 heterocycles. The van der Waals surface area contributed by atoms with Crippen LogP contribution >= 0.6 is 0 Å². The molecule has 0 spiro atoms. The lowest BCUT2D eigenvalue weighted by molar-refractivity contribution is 0.440. The van der Waals surface area contributed by atoms with Gasteiger partial charge in [0.25, 0.3) is 0 Å². The lowest BCUT2D eigenvalue weighted by atomic mass is 10.1. The fourth-order valence-corrected chi connectivity index (χ4v) is 2.25. The Morgan fingerprint density at radius 3 is 2.84 bits per heavy atom. The smallest absolute Gasteiger partial charge is 0.193 e. The second-order valence-corrected chi connectivity index (χ2v) is 4.72. The quantitative estimate of drug-likeness (QED) is 0.888. The normalized spacial score (nSPS) is 13.3. The summed E-state index contributed by atoms with van der Waals surface area (Å²) in [6.07, 6.45) is 0. The van der Waals surface area contributed by atoms with Crippen molar-refractivity contribution >= 4 is 5.69 Å². The molecule has 3 rings (SSSR count). The minimum Gasteiger partial charge on any atom is -0.508 e. The van der Waals surface area contributed by atoms with Crippen LogP contribution in [-0.2, 0) is 6.54 Å². The molecule has 0 amide bonds. The molecule has 0 radical (unpaired) electrons. The van der Waals surface area contributed by atoms with Gasteiger partial charge in [0, 0.05) is 0 Å². The van der Waals surface area contributed by atoms with Gasteiger partial charge in [0.1, 0.15) is 5.75 Å². The second-order valence-electron chi connectivity index (χ2n) is 4.72. The van der Waals surface area contributed by atoms with Gasteiger partial charge in [0.05, 0.1) is 12.2 Å². The molecule has 0 unspecified atom stereocenters. The Morgan fingerprint density at radius 1 is 1.21 bits per heavy atom. The van der Waals surface area contributed by atoms with Crippen LogP contribution < -0.4 is 9.64 Å². The van der Waals surface area contributed by atoms with Crippen LogP contribution in [-0.4, -0.2) is 5.11 Å². The summed E-state index contributed by atoms with van der Waals surface area (Å²) >= 11 is 0. The fraction of sp³-hybridized carbons (Fsp3) is 0.125. The summed E-state index contributed by atoms with van der Waals surface area (Å²) in [6, 6.07) is 13.3. The number of phenolic OH excluding ortho intramolecular Hbond substituents is 1. The number of fused-ring (bicyclic) bond motifs is 1. The Kier molecular flexibility index (Phi) is 2.67. The Bertz CT molecular complexity index is 649. The van der Waals surface area contributed by atoms with Crippen molar-refractivity contribution in [1.29, 1.82) is 0 Å². The summed E-state index contributed by atoms with van der Waals surface area (Å²) in [5, 5.41) is 9.52. The summed E-state index contributed by atoms with van der Waals surface area (Å²) in [5.74, 6) is 1.72. The van der Waals surface area contributed by atoms with E-state index in [1.807, 2.05) is 36.1 Å². The third-order valence-electron chi connectivity index (χ3n) is 3.19. The number of anilines is 1. The molecule has 0 aromatic heterocycles. The molecule has 3 nitrogen and oxygen atoms in total. The molecule has 2 aromatic carbocycles. The summed E-state index contributed by atoms with van der Waals surface area (Å²) in [7, 11) is 0. The molecule has 0 aliphatic carbocycles. The first-order chi connectivity index (χ1) is 9.13. The molecule has 0 saturated carbocycles. The highest BCUT2D eigenvalue weighted by Gasteiger charge is 2.24. The number of aryl methyl sites for hydroxylation is 1. The number of hydrogen-bond donors (Lipinski definition) is 1. The molecule has 0 atom stereocenters. The van der Waals surface area contributed by atoms with Crippen LogP contribution in [0.1, 0.15) is 11.1 Å². The standard InChI is InChI=1S/C16H15NO2/c1-11-6-7-16-15(8-11)17(12(2)19-16)10-13-4-3-5-14(18)9-13/h3-9,18H,2,10H2,1H3. The molecular formula is C16H15NO2. The number of ether oxygens (including phenoxy) is 1. The van der Waals surface area contributed by atoms with Gasteiger partial charge < -0.3 is 14.7 Å². The minimum absolute atomic E-state index is 0.271. The molecule has 19 heavy (non-hydrogen) atoms. The predicted octanol–water partition coefficient (Wildman–Crippen LogP) is 3.57. The third-order valence-corrected chi connectivity index (χ3v) is 3.19. The van der Waals surface area contributed by atoms with Crippen LogP contribution in [0.5, 0.6) is 11.5 Å². The molecule has 0 fully saturated rings. The van der Waals surface area contributed by atoms with E-state index in [2.05, 4.69) is 12.6 Å². The average molecular weight is 253 g/mol. The lowest BCUT2D eigenvalue weighted by Crippen LogP contribution is -2.18. The first-order valence-electron chi connectivity index (χ1n) is 6.16. The van der Waals surface area contributed by atoms with Crippen molar-refractivity contribution in [2.24, 2.45) is 0 Å². The number of hydrogen-bond acceptors (Lipinski definition) is 3. The monoisotopic (exact) mass is 253 g/mol. The van der Waals surface area contributed by atoms with Crippen LogP contribution in [0, 0.1) is 6.92 Å². The highest BCUT2D eigenvalue weighted by atomic mass is 16.5. The van der Waals surface area contributed by atoms with E-state index in [1.165, 1.54) is 5.56 Å². The SMILES string of the molecule is C=C1Oc2ccc(C)cc2N1Cc1cccc(O)c1. The van der Waals surface area contributed by atoms with Crippen molar-refractivity contribution in [3.63, 3.8) is 0 Å².